The minimum absolute atomic E-state index is 0.0731. The van der Waals surface area contributed by atoms with Gasteiger partial charge in [0.2, 0.25) is 5.91 Å². The zero-order chi connectivity index (χ0) is 27.4. The molecule has 4 rings (SSSR count). The average molecular weight is 539 g/mol. The number of carboxylic acid groups (broad SMARTS) is 1. The predicted molar refractivity (Wildman–Crippen MR) is 131 cm³/mol. The van der Waals surface area contributed by atoms with Crippen molar-refractivity contribution in [2.45, 2.75) is 37.5 Å². The van der Waals surface area contributed by atoms with Crippen LogP contribution in [0.3, 0.4) is 0 Å². The second-order valence-electron chi connectivity index (χ2n) is 9.79. The van der Waals surface area contributed by atoms with Gasteiger partial charge in [-0.3, -0.25) is 9.59 Å². The highest BCUT2D eigenvalue weighted by Crippen LogP contribution is 2.44. The molecule has 11 heteroatoms. The second kappa shape index (κ2) is 11.7. The van der Waals surface area contributed by atoms with E-state index in [1.54, 1.807) is 31.3 Å². The van der Waals surface area contributed by atoms with Crippen molar-refractivity contribution in [1.82, 2.24) is 0 Å². The molecule has 1 saturated carbocycles. The number of hydrogen-bond donors (Lipinski definition) is 3. The van der Waals surface area contributed by atoms with Crippen LogP contribution in [0.2, 0.25) is 0 Å². The fourth-order valence-electron chi connectivity index (χ4n) is 5.23. The van der Waals surface area contributed by atoms with Crippen molar-refractivity contribution < 1.29 is 41.7 Å². The van der Waals surface area contributed by atoms with Gasteiger partial charge in [0.1, 0.15) is 5.82 Å². The number of ether oxygens (including phenoxy) is 2. The fraction of sp³-hybridized carbons (Fsp3) is 0.481. The molecule has 0 unspecified atom stereocenters. The average Bonchev–Trinajstić information content (AvgIpc) is 3.41. The molecule has 0 spiro atoms. The lowest BCUT2D eigenvalue weighted by molar-refractivity contribution is -0.152. The third kappa shape index (κ3) is 6.44. The highest BCUT2D eigenvalue weighted by atomic mass is 19.4. The molecule has 1 amide bonds. The molecule has 2 aromatic carbocycles. The Morgan fingerprint density at radius 2 is 1.87 bits per heavy atom. The van der Waals surface area contributed by atoms with Gasteiger partial charge in [0, 0.05) is 31.2 Å². The summed E-state index contributed by atoms with van der Waals surface area (Å²) in [7, 11) is 1.76. The number of carboxylic acids is 1. The van der Waals surface area contributed by atoms with Crippen LogP contribution in [-0.4, -0.2) is 50.0 Å². The lowest BCUT2D eigenvalue weighted by atomic mass is 9.67. The Balaban J connectivity index is 1.60. The second-order valence-corrected chi connectivity index (χ2v) is 9.79. The number of carbonyl (C=O) groups excluding carboxylic acids is 1. The summed E-state index contributed by atoms with van der Waals surface area (Å²) >= 11 is 0. The van der Waals surface area contributed by atoms with Crippen LogP contribution in [0.5, 0.6) is 0 Å². The van der Waals surface area contributed by atoms with Crippen LogP contribution >= 0.6 is 0 Å². The number of rotatable bonds is 8. The van der Waals surface area contributed by atoms with E-state index >= 15 is 0 Å². The van der Waals surface area contributed by atoms with Gasteiger partial charge in [-0.2, -0.15) is 13.2 Å². The van der Waals surface area contributed by atoms with Crippen LogP contribution in [0.15, 0.2) is 42.5 Å². The van der Waals surface area contributed by atoms with Gasteiger partial charge in [-0.1, -0.05) is 12.1 Å². The van der Waals surface area contributed by atoms with Crippen molar-refractivity contribution in [2.75, 3.05) is 37.5 Å². The molecular formula is C27H30F4N2O5. The number of hydrogen-bond acceptors (Lipinski definition) is 5. The molecule has 2 aromatic rings. The van der Waals surface area contributed by atoms with Crippen molar-refractivity contribution in [2.24, 2.45) is 17.8 Å². The Morgan fingerprint density at radius 3 is 2.45 bits per heavy atom. The summed E-state index contributed by atoms with van der Waals surface area (Å²) in [6, 6.07) is 9.00. The molecule has 1 aliphatic heterocycles. The number of carbonyl (C=O) groups is 2. The maximum Gasteiger partial charge on any atom is 0.416 e. The number of benzene rings is 2. The Morgan fingerprint density at radius 1 is 1.13 bits per heavy atom. The first-order valence-corrected chi connectivity index (χ1v) is 12.4. The van der Waals surface area contributed by atoms with E-state index in [0.717, 1.165) is 18.2 Å². The zero-order valence-corrected chi connectivity index (χ0v) is 20.8. The van der Waals surface area contributed by atoms with E-state index in [4.69, 9.17) is 9.47 Å². The van der Waals surface area contributed by atoms with Gasteiger partial charge in [0.15, 0.2) is 0 Å². The third-order valence-electron chi connectivity index (χ3n) is 7.30. The van der Waals surface area contributed by atoms with E-state index in [9.17, 15) is 32.3 Å². The van der Waals surface area contributed by atoms with E-state index in [2.05, 4.69) is 10.6 Å². The van der Waals surface area contributed by atoms with Crippen molar-refractivity contribution in [1.29, 1.82) is 0 Å². The monoisotopic (exact) mass is 538 g/mol. The van der Waals surface area contributed by atoms with Crippen LogP contribution in [-0.2, 0) is 25.2 Å². The molecule has 0 bridgehead atoms. The molecule has 5 atom stereocenters. The number of alkyl halides is 3. The molecule has 0 radical (unpaired) electrons. The van der Waals surface area contributed by atoms with Crippen LogP contribution in [0.4, 0.5) is 28.9 Å². The van der Waals surface area contributed by atoms with Crippen LogP contribution in [0.25, 0.3) is 0 Å². The molecule has 38 heavy (non-hydrogen) atoms. The van der Waals surface area contributed by atoms with Crippen LogP contribution in [0, 0.1) is 23.6 Å². The maximum atomic E-state index is 14.5. The molecule has 3 N–H and O–H groups in total. The SMILES string of the molecule is CNc1ccc([C@@H]2C[C@@H](OC[C@H]3CCOC3)C[C@H](C(=O)Nc3ccc(C(F)(F)F)cc3F)[C@@H]2C(=O)O)cc1. The van der Waals surface area contributed by atoms with Crippen LogP contribution < -0.4 is 10.6 Å². The first-order valence-electron chi connectivity index (χ1n) is 12.4. The Labute approximate surface area is 217 Å². The number of halogens is 4. The fourth-order valence-corrected chi connectivity index (χ4v) is 5.23. The normalized spacial score (nSPS) is 25.7. The van der Waals surface area contributed by atoms with E-state index in [0.29, 0.717) is 43.9 Å². The summed E-state index contributed by atoms with van der Waals surface area (Å²) in [6.45, 7) is 1.61. The van der Waals surface area contributed by atoms with E-state index in [1.807, 2.05) is 0 Å². The molecule has 2 fully saturated rings. The Hall–Kier alpha value is -3.18. The van der Waals surface area contributed by atoms with Crippen molar-refractivity contribution in [3.05, 3.63) is 59.4 Å². The van der Waals surface area contributed by atoms with E-state index in [1.165, 1.54) is 0 Å². The summed E-state index contributed by atoms with van der Waals surface area (Å²) in [5.74, 6) is -5.87. The summed E-state index contributed by atoms with van der Waals surface area (Å²) < 4.78 is 64.8. The smallest absolute Gasteiger partial charge is 0.416 e. The topological polar surface area (TPSA) is 96.9 Å². The lowest BCUT2D eigenvalue weighted by Crippen LogP contribution is -2.45. The zero-order valence-electron chi connectivity index (χ0n) is 20.8. The molecule has 206 valence electrons. The summed E-state index contributed by atoms with van der Waals surface area (Å²) in [6.07, 6.45) is -3.91. The van der Waals surface area contributed by atoms with Gasteiger partial charge in [-0.25, -0.2) is 4.39 Å². The van der Waals surface area contributed by atoms with Gasteiger partial charge in [-0.15, -0.1) is 0 Å². The van der Waals surface area contributed by atoms with Crippen molar-refractivity contribution in [3.63, 3.8) is 0 Å². The largest absolute Gasteiger partial charge is 0.481 e. The number of amides is 1. The summed E-state index contributed by atoms with van der Waals surface area (Å²) in [5, 5.41) is 15.5. The minimum atomic E-state index is -4.74. The van der Waals surface area contributed by atoms with E-state index < -0.39 is 59.0 Å². The molecule has 7 nitrogen and oxygen atoms in total. The van der Waals surface area contributed by atoms with Gasteiger partial charge >= 0.3 is 12.1 Å². The first-order chi connectivity index (χ1) is 18.1. The first kappa shape index (κ1) is 27.8. The molecular weight excluding hydrogens is 508 g/mol. The standard InChI is InChI=1S/C27H30F4N2O5/c1-32-18-5-2-16(3-6-18)20-11-19(38-14-15-8-9-37-13-15)12-21(24(20)26(35)36)25(34)33-23-7-4-17(10-22(23)28)27(29,30)31/h2-7,10,15,19-21,24,32H,8-9,11-14H2,1H3,(H,33,34)(H,35,36)/t15-,19+,20-,21-,24+/m0/s1. The third-order valence-corrected chi connectivity index (χ3v) is 7.30. The van der Waals surface area contributed by atoms with Gasteiger partial charge < -0.3 is 25.2 Å². The Bertz CT molecular complexity index is 1140. The molecule has 2 aliphatic rings. The Kier molecular flexibility index (Phi) is 8.57. The molecule has 1 heterocycles. The maximum absolute atomic E-state index is 14.5. The minimum Gasteiger partial charge on any atom is -0.481 e. The van der Waals surface area contributed by atoms with E-state index in [-0.39, 0.29) is 12.3 Å². The lowest BCUT2D eigenvalue weighted by Gasteiger charge is -2.39. The highest BCUT2D eigenvalue weighted by Gasteiger charge is 2.46. The highest BCUT2D eigenvalue weighted by molar-refractivity contribution is 5.95. The predicted octanol–water partition coefficient (Wildman–Crippen LogP) is 5.14. The van der Waals surface area contributed by atoms with Gasteiger partial charge in [0.25, 0.3) is 0 Å². The number of anilines is 2. The molecule has 1 aliphatic carbocycles. The summed E-state index contributed by atoms with van der Waals surface area (Å²) in [4.78, 5) is 25.8. The quantitative estimate of drug-likeness (QED) is 0.403. The van der Waals surface area contributed by atoms with Crippen molar-refractivity contribution in [3.8, 4) is 0 Å². The number of aliphatic carboxylic acids is 1. The van der Waals surface area contributed by atoms with Gasteiger partial charge in [0.05, 0.1) is 42.4 Å². The molecule has 0 aromatic heterocycles. The van der Waals surface area contributed by atoms with Gasteiger partial charge in [-0.05, 0) is 55.2 Å². The summed E-state index contributed by atoms with van der Waals surface area (Å²) in [5.41, 5.74) is -0.0957. The van der Waals surface area contributed by atoms with Crippen molar-refractivity contribution >= 4 is 23.3 Å². The number of nitrogens with one attached hydrogen (secondary N) is 2. The van der Waals surface area contributed by atoms with Crippen LogP contribution in [0.1, 0.15) is 36.3 Å². The molecule has 1 saturated heterocycles.